The second-order valence-electron chi connectivity index (χ2n) is 5.01. The Hall–Kier alpha value is -0.550. The van der Waals surface area contributed by atoms with Crippen LogP contribution in [-0.4, -0.2) is 23.5 Å². The summed E-state index contributed by atoms with van der Waals surface area (Å²) in [6.45, 7) is 6.74. The second-order valence-corrected chi connectivity index (χ2v) is 5.01. The predicted molar refractivity (Wildman–Crippen MR) is 58.9 cm³/mol. The van der Waals surface area contributed by atoms with Crippen LogP contribution in [0.4, 0.5) is 0 Å². The number of nitriles is 1. The van der Waals surface area contributed by atoms with E-state index in [0.717, 1.165) is 12.8 Å². The fourth-order valence-corrected chi connectivity index (χ4v) is 2.25. The lowest BCUT2D eigenvalue weighted by Gasteiger charge is -2.40. The van der Waals surface area contributed by atoms with Gasteiger partial charge in [-0.2, -0.15) is 5.26 Å². The Morgan fingerprint density at radius 2 is 2.07 bits per heavy atom. The maximum Gasteiger partial charge on any atom is 0.0672 e. The minimum absolute atomic E-state index is 0.226. The SMILES string of the molecule is CCC(C)(C)N(C)C1CCCC1C#N. The van der Waals surface area contributed by atoms with Crippen LogP contribution in [0.1, 0.15) is 46.5 Å². The first-order valence-corrected chi connectivity index (χ1v) is 5.65. The predicted octanol–water partition coefficient (Wildman–Crippen LogP) is 2.80. The summed E-state index contributed by atoms with van der Waals surface area (Å²) in [5, 5.41) is 9.05. The lowest BCUT2D eigenvalue weighted by molar-refractivity contribution is 0.0866. The molecule has 1 aliphatic rings. The molecule has 80 valence electrons. The van der Waals surface area contributed by atoms with E-state index in [2.05, 4.69) is 38.8 Å². The van der Waals surface area contributed by atoms with Crippen molar-refractivity contribution < 1.29 is 0 Å². The van der Waals surface area contributed by atoms with Crippen LogP contribution in [0.25, 0.3) is 0 Å². The van der Waals surface area contributed by atoms with Crippen molar-refractivity contribution in [1.29, 1.82) is 5.26 Å². The minimum Gasteiger partial charge on any atom is -0.297 e. The molecule has 1 rings (SSSR count). The van der Waals surface area contributed by atoms with Crippen molar-refractivity contribution in [2.45, 2.75) is 58.0 Å². The highest BCUT2D eigenvalue weighted by molar-refractivity contribution is 4.99. The number of rotatable bonds is 3. The van der Waals surface area contributed by atoms with Gasteiger partial charge in [-0.3, -0.25) is 4.90 Å². The van der Waals surface area contributed by atoms with Crippen molar-refractivity contribution in [2.75, 3.05) is 7.05 Å². The van der Waals surface area contributed by atoms with Crippen molar-refractivity contribution in [2.24, 2.45) is 5.92 Å². The maximum absolute atomic E-state index is 9.05. The van der Waals surface area contributed by atoms with Gasteiger partial charge < -0.3 is 0 Å². The van der Waals surface area contributed by atoms with Gasteiger partial charge in [0.25, 0.3) is 0 Å². The molecule has 0 bridgehead atoms. The second kappa shape index (κ2) is 4.31. The normalized spacial score (nSPS) is 28.0. The fourth-order valence-electron chi connectivity index (χ4n) is 2.25. The Balaban J connectivity index is 2.69. The quantitative estimate of drug-likeness (QED) is 0.690. The molecule has 0 aromatic rings. The van der Waals surface area contributed by atoms with Gasteiger partial charge in [-0.25, -0.2) is 0 Å². The first kappa shape index (κ1) is 11.5. The number of hydrogen-bond donors (Lipinski definition) is 0. The van der Waals surface area contributed by atoms with Crippen molar-refractivity contribution in [3.63, 3.8) is 0 Å². The minimum atomic E-state index is 0.226. The molecule has 1 fully saturated rings. The Kier molecular flexibility index (Phi) is 3.55. The highest BCUT2D eigenvalue weighted by Gasteiger charge is 2.36. The third-order valence-electron chi connectivity index (χ3n) is 3.96. The lowest BCUT2D eigenvalue weighted by atomic mass is 9.94. The van der Waals surface area contributed by atoms with Crippen LogP contribution in [0.15, 0.2) is 0 Å². The summed E-state index contributed by atoms with van der Waals surface area (Å²) in [7, 11) is 2.17. The van der Waals surface area contributed by atoms with E-state index in [1.807, 2.05) is 0 Å². The average molecular weight is 194 g/mol. The van der Waals surface area contributed by atoms with E-state index in [1.165, 1.54) is 12.8 Å². The molecule has 2 heteroatoms. The summed E-state index contributed by atoms with van der Waals surface area (Å²) >= 11 is 0. The maximum atomic E-state index is 9.05. The molecule has 0 saturated heterocycles. The smallest absolute Gasteiger partial charge is 0.0672 e. The van der Waals surface area contributed by atoms with Gasteiger partial charge in [-0.05, 0) is 40.2 Å². The van der Waals surface area contributed by atoms with E-state index in [1.54, 1.807) is 0 Å². The van der Waals surface area contributed by atoms with Gasteiger partial charge >= 0.3 is 0 Å². The molecule has 2 unspecified atom stereocenters. The molecule has 0 heterocycles. The van der Waals surface area contributed by atoms with Crippen molar-refractivity contribution in [1.82, 2.24) is 4.90 Å². The van der Waals surface area contributed by atoms with Gasteiger partial charge in [0, 0.05) is 11.6 Å². The molecule has 2 atom stereocenters. The van der Waals surface area contributed by atoms with E-state index in [0.29, 0.717) is 6.04 Å². The zero-order valence-electron chi connectivity index (χ0n) is 9.88. The van der Waals surface area contributed by atoms with Crippen LogP contribution < -0.4 is 0 Å². The molecule has 0 radical (unpaired) electrons. The molecular weight excluding hydrogens is 172 g/mol. The summed E-state index contributed by atoms with van der Waals surface area (Å²) in [6.07, 6.45) is 4.63. The zero-order chi connectivity index (χ0) is 10.8. The zero-order valence-corrected chi connectivity index (χ0v) is 9.88. The molecule has 14 heavy (non-hydrogen) atoms. The number of hydrogen-bond acceptors (Lipinski definition) is 2. The average Bonchev–Trinajstić information content (AvgIpc) is 2.64. The molecule has 0 N–H and O–H groups in total. The molecule has 0 aromatic carbocycles. The highest BCUT2D eigenvalue weighted by atomic mass is 15.2. The van der Waals surface area contributed by atoms with Gasteiger partial charge in [0.05, 0.1) is 12.0 Å². The van der Waals surface area contributed by atoms with Gasteiger partial charge in [-0.15, -0.1) is 0 Å². The van der Waals surface area contributed by atoms with Crippen LogP contribution >= 0.6 is 0 Å². The van der Waals surface area contributed by atoms with Crippen LogP contribution in [0.3, 0.4) is 0 Å². The first-order valence-electron chi connectivity index (χ1n) is 5.65. The van der Waals surface area contributed by atoms with Gasteiger partial charge in [0.15, 0.2) is 0 Å². The van der Waals surface area contributed by atoms with Crippen LogP contribution in [-0.2, 0) is 0 Å². The molecule has 0 amide bonds. The van der Waals surface area contributed by atoms with E-state index in [-0.39, 0.29) is 11.5 Å². The Morgan fingerprint density at radius 3 is 2.57 bits per heavy atom. The van der Waals surface area contributed by atoms with Gasteiger partial charge in [0.2, 0.25) is 0 Å². The summed E-state index contributed by atoms with van der Waals surface area (Å²) in [5.74, 6) is 0.255. The third kappa shape index (κ3) is 2.09. The van der Waals surface area contributed by atoms with Crippen LogP contribution in [0.5, 0.6) is 0 Å². The molecule has 1 saturated carbocycles. The molecule has 2 nitrogen and oxygen atoms in total. The highest BCUT2D eigenvalue weighted by Crippen LogP contribution is 2.33. The van der Waals surface area contributed by atoms with E-state index >= 15 is 0 Å². The van der Waals surface area contributed by atoms with E-state index < -0.39 is 0 Å². The standard InChI is InChI=1S/C12H22N2/c1-5-12(2,3)14(4)11-8-6-7-10(11)9-13/h10-11H,5-8H2,1-4H3. The molecule has 0 aromatic heterocycles. The summed E-state index contributed by atoms with van der Waals surface area (Å²) < 4.78 is 0. The number of nitrogens with zero attached hydrogens (tertiary/aromatic N) is 2. The van der Waals surface area contributed by atoms with Crippen molar-refractivity contribution in [3.05, 3.63) is 0 Å². The van der Waals surface area contributed by atoms with Crippen molar-refractivity contribution >= 4 is 0 Å². The van der Waals surface area contributed by atoms with Gasteiger partial charge in [0.1, 0.15) is 0 Å². The molecule has 0 spiro atoms. The summed E-state index contributed by atoms with van der Waals surface area (Å²) in [5.41, 5.74) is 0.226. The van der Waals surface area contributed by atoms with Crippen LogP contribution in [0, 0.1) is 17.2 Å². The van der Waals surface area contributed by atoms with Gasteiger partial charge in [-0.1, -0.05) is 13.3 Å². The van der Waals surface area contributed by atoms with E-state index in [4.69, 9.17) is 5.26 Å². The Labute approximate surface area is 87.9 Å². The Morgan fingerprint density at radius 1 is 1.43 bits per heavy atom. The van der Waals surface area contributed by atoms with E-state index in [9.17, 15) is 0 Å². The lowest BCUT2D eigenvalue weighted by Crippen LogP contribution is -2.48. The molecular formula is C12H22N2. The largest absolute Gasteiger partial charge is 0.297 e. The van der Waals surface area contributed by atoms with Crippen molar-refractivity contribution in [3.8, 4) is 6.07 Å². The Bertz CT molecular complexity index is 227. The monoisotopic (exact) mass is 194 g/mol. The molecule has 1 aliphatic carbocycles. The third-order valence-corrected chi connectivity index (χ3v) is 3.96. The summed E-state index contributed by atoms with van der Waals surface area (Å²) in [6, 6.07) is 2.93. The topological polar surface area (TPSA) is 27.0 Å². The van der Waals surface area contributed by atoms with Crippen LogP contribution in [0.2, 0.25) is 0 Å². The first-order chi connectivity index (χ1) is 6.53. The summed E-state index contributed by atoms with van der Waals surface area (Å²) in [4.78, 5) is 2.41. The molecule has 0 aliphatic heterocycles. The fraction of sp³-hybridized carbons (Fsp3) is 0.917.